The number of benzene rings is 2. The number of halogens is 2. The average Bonchev–Trinajstić information content (AvgIpc) is 3.79. The van der Waals surface area contributed by atoms with Gasteiger partial charge in [0.05, 0.1) is 35.1 Å². The van der Waals surface area contributed by atoms with Gasteiger partial charge in [0, 0.05) is 83.6 Å². The highest BCUT2D eigenvalue weighted by Crippen LogP contribution is 2.43. The number of pyridine rings is 2. The molecular formula is C43H48Cl2N6O5. The Morgan fingerprint density at radius 3 is 2.21 bits per heavy atom. The molecule has 0 spiro atoms. The quantitative estimate of drug-likeness (QED) is 0.139. The van der Waals surface area contributed by atoms with E-state index in [1.807, 2.05) is 75.5 Å². The lowest BCUT2D eigenvalue weighted by Gasteiger charge is -2.29. The zero-order valence-corrected chi connectivity index (χ0v) is 33.7. The van der Waals surface area contributed by atoms with Gasteiger partial charge in [-0.15, -0.1) is 0 Å². The van der Waals surface area contributed by atoms with Crippen molar-refractivity contribution in [2.24, 2.45) is 0 Å². The lowest BCUT2D eigenvalue weighted by molar-refractivity contribution is -0.120. The van der Waals surface area contributed by atoms with Gasteiger partial charge in [-0.25, -0.2) is 9.78 Å². The third kappa shape index (κ3) is 8.96. The van der Waals surface area contributed by atoms with Gasteiger partial charge in [-0.3, -0.25) is 14.6 Å². The molecule has 13 heteroatoms. The molecule has 2 saturated heterocycles. The fraction of sp³-hybridized carbons (Fsp3) is 0.419. The van der Waals surface area contributed by atoms with E-state index in [-0.39, 0.29) is 36.5 Å². The first kappa shape index (κ1) is 39.5. The normalized spacial score (nSPS) is 19.3. The molecule has 0 bridgehead atoms. The number of carbonyl (C=O) groups excluding carboxylic acids is 3. The van der Waals surface area contributed by atoms with Gasteiger partial charge in [-0.05, 0) is 76.6 Å². The number of methoxy groups -OCH3 is 1. The van der Waals surface area contributed by atoms with Crippen LogP contribution in [0.4, 0.5) is 4.79 Å². The largest absolute Gasteiger partial charge is 0.481 e. The molecule has 1 aliphatic carbocycles. The number of hydrogen-bond acceptors (Lipinski definition) is 8. The standard InChI is InChI=1S/C43H48Cl2N6O5/c1-43(2,3)56-42(54)51(24-29-16-19-37(53)49-29)23-26-14-17-34(50-41(26)55-4)33-12-7-11-32(39(33)45)31-10-6-9-30(38(31)44)27-20-25-8-5-13-35(40(25)47-21-27)46-22-28-15-18-36(52)48-28/h6-7,9-12,14,17,20-21,28-29,35,46H,5,8,13,15-16,18-19,22-24H2,1-4H3,(H,48,52)(H,49,53)/t28-,29-,35?/m0/s1. The smallest absolute Gasteiger partial charge is 0.410 e. The summed E-state index contributed by atoms with van der Waals surface area (Å²) < 4.78 is 11.5. The van der Waals surface area contributed by atoms with Crippen molar-refractivity contribution in [2.45, 2.75) is 96.0 Å². The number of aromatic nitrogens is 2. The second-order valence-electron chi connectivity index (χ2n) is 15.8. The van der Waals surface area contributed by atoms with Gasteiger partial charge < -0.3 is 30.3 Å². The molecular weight excluding hydrogens is 751 g/mol. The SMILES string of the molecule is COc1nc(-c2cccc(-c3cccc(-c4cnc5c(c4)CCCC5NC[C@@H]4CCC(=O)N4)c3Cl)c2Cl)ccc1CN(C[C@@H]1CCC(=O)N1)C(=O)OC(C)(C)C. The molecule has 4 heterocycles. The van der Waals surface area contributed by atoms with Gasteiger partial charge in [0.25, 0.3) is 0 Å². The maximum absolute atomic E-state index is 13.3. The molecule has 2 fully saturated rings. The number of rotatable bonds is 11. The third-order valence-electron chi connectivity index (χ3n) is 10.5. The first-order chi connectivity index (χ1) is 26.9. The molecule has 294 valence electrons. The highest BCUT2D eigenvalue weighted by molar-refractivity contribution is 6.39. The molecule has 2 aromatic heterocycles. The molecule has 3 N–H and O–H groups in total. The van der Waals surface area contributed by atoms with Crippen molar-refractivity contribution in [3.8, 4) is 39.4 Å². The summed E-state index contributed by atoms with van der Waals surface area (Å²) in [5.41, 5.74) is 6.86. The molecule has 3 amide bonds. The van der Waals surface area contributed by atoms with Crippen molar-refractivity contribution in [3.05, 3.63) is 87.7 Å². The molecule has 0 saturated carbocycles. The van der Waals surface area contributed by atoms with Crippen LogP contribution < -0.4 is 20.7 Å². The second kappa shape index (κ2) is 16.8. The Bertz CT molecular complexity index is 2140. The van der Waals surface area contributed by atoms with Gasteiger partial charge in [0.1, 0.15) is 5.60 Å². The van der Waals surface area contributed by atoms with E-state index < -0.39 is 11.7 Å². The van der Waals surface area contributed by atoms with Crippen molar-refractivity contribution < 1.29 is 23.9 Å². The minimum Gasteiger partial charge on any atom is -0.481 e. The number of ether oxygens (including phenoxy) is 2. The number of amides is 3. The molecule has 4 aromatic rings. The summed E-state index contributed by atoms with van der Waals surface area (Å²) in [4.78, 5) is 48.3. The Hall–Kier alpha value is -4.71. The fourth-order valence-electron chi connectivity index (χ4n) is 7.76. The lowest BCUT2D eigenvalue weighted by atomic mass is 9.89. The van der Waals surface area contributed by atoms with Crippen LogP contribution in [0.5, 0.6) is 5.88 Å². The molecule has 0 radical (unpaired) electrons. The van der Waals surface area contributed by atoms with E-state index in [1.54, 1.807) is 4.90 Å². The summed E-state index contributed by atoms with van der Waals surface area (Å²) >= 11 is 14.4. The van der Waals surface area contributed by atoms with Crippen LogP contribution in [0, 0.1) is 0 Å². The number of nitrogens with zero attached hydrogens (tertiary/aromatic N) is 3. The maximum Gasteiger partial charge on any atom is 0.410 e. The maximum atomic E-state index is 13.3. The van der Waals surface area contributed by atoms with Crippen LogP contribution in [0.3, 0.4) is 0 Å². The number of nitrogens with one attached hydrogen (secondary N) is 3. The minimum atomic E-state index is -0.694. The van der Waals surface area contributed by atoms with Gasteiger partial charge in [-0.2, -0.15) is 0 Å². The van der Waals surface area contributed by atoms with Crippen LogP contribution in [0.15, 0.2) is 60.8 Å². The van der Waals surface area contributed by atoms with Crippen LogP contribution in [0.1, 0.15) is 82.2 Å². The van der Waals surface area contributed by atoms with E-state index in [1.165, 1.54) is 12.7 Å². The van der Waals surface area contributed by atoms with Crippen LogP contribution >= 0.6 is 23.2 Å². The summed E-state index contributed by atoms with van der Waals surface area (Å²) in [6, 6.07) is 17.8. The van der Waals surface area contributed by atoms with Crippen molar-refractivity contribution in [2.75, 3.05) is 20.2 Å². The summed E-state index contributed by atoms with van der Waals surface area (Å²) in [6.07, 6.45) is 6.90. The highest BCUT2D eigenvalue weighted by atomic mass is 35.5. The topological polar surface area (TPSA) is 135 Å². The van der Waals surface area contributed by atoms with Crippen LogP contribution in [0.2, 0.25) is 10.0 Å². The molecule has 3 atom stereocenters. The Morgan fingerprint density at radius 2 is 1.55 bits per heavy atom. The van der Waals surface area contributed by atoms with E-state index >= 15 is 0 Å². The molecule has 56 heavy (non-hydrogen) atoms. The predicted molar refractivity (Wildman–Crippen MR) is 218 cm³/mol. The zero-order valence-electron chi connectivity index (χ0n) is 32.2. The van der Waals surface area contributed by atoms with Crippen LogP contribution in [0.25, 0.3) is 33.5 Å². The first-order valence-corrected chi connectivity index (χ1v) is 20.0. The molecule has 7 rings (SSSR count). The van der Waals surface area contributed by atoms with Gasteiger partial charge in [-0.1, -0.05) is 59.6 Å². The highest BCUT2D eigenvalue weighted by Gasteiger charge is 2.30. The summed E-state index contributed by atoms with van der Waals surface area (Å²) in [5.74, 6) is 0.438. The zero-order chi connectivity index (χ0) is 39.6. The van der Waals surface area contributed by atoms with Crippen molar-refractivity contribution in [1.82, 2.24) is 30.8 Å². The Morgan fingerprint density at radius 1 is 0.893 bits per heavy atom. The number of fused-ring (bicyclic) bond motifs is 1. The number of carbonyl (C=O) groups is 3. The third-order valence-corrected chi connectivity index (χ3v) is 11.3. The summed E-state index contributed by atoms with van der Waals surface area (Å²) in [7, 11) is 1.54. The van der Waals surface area contributed by atoms with E-state index in [2.05, 4.69) is 22.0 Å². The predicted octanol–water partition coefficient (Wildman–Crippen LogP) is 8.05. The summed E-state index contributed by atoms with van der Waals surface area (Å²) in [5, 5.41) is 10.7. The van der Waals surface area contributed by atoms with E-state index in [0.29, 0.717) is 58.6 Å². The van der Waals surface area contributed by atoms with E-state index in [0.717, 1.165) is 60.2 Å². The molecule has 2 aliphatic heterocycles. The Balaban J connectivity index is 1.13. The number of hydrogen-bond donors (Lipinski definition) is 3. The fourth-order valence-corrected chi connectivity index (χ4v) is 8.42. The summed E-state index contributed by atoms with van der Waals surface area (Å²) in [6.45, 7) is 6.65. The van der Waals surface area contributed by atoms with Gasteiger partial charge in [0.2, 0.25) is 17.7 Å². The van der Waals surface area contributed by atoms with Gasteiger partial charge in [0.15, 0.2) is 0 Å². The van der Waals surface area contributed by atoms with Crippen molar-refractivity contribution in [1.29, 1.82) is 0 Å². The molecule has 2 aromatic carbocycles. The van der Waals surface area contributed by atoms with E-state index in [4.69, 9.17) is 42.6 Å². The minimum absolute atomic E-state index is 0.0267. The van der Waals surface area contributed by atoms with Crippen molar-refractivity contribution >= 4 is 41.1 Å². The Labute approximate surface area is 337 Å². The molecule has 11 nitrogen and oxygen atoms in total. The first-order valence-electron chi connectivity index (χ1n) is 19.3. The average molecular weight is 800 g/mol. The van der Waals surface area contributed by atoms with E-state index in [9.17, 15) is 14.4 Å². The monoisotopic (exact) mass is 798 g/mol. The van der Waals surface area contributed by atoms with Gasteiger partial charge >= 0.3 is 6.09 Å². The van der Waals surface area contributed by atoms with Crippen LogP contribution in [-0.2, 0) is 27.3 Å². The second-order valence-corrected chi connectivity index (χ2v) is 16.5. The van der Waals surface area contributed by atoms with Crippen LogP contribution in [-0.4, -0.2) is 70.7 Å². The molecule has 1 unspecified atom stereocenters. The Kier molecular flexibility index (Phi) is 11.9. The lowest BCUT2D eigenvalue weighted by Crippen LogP contribution is -2.43. The molecule has 3 aliphatic rings. The van der Waals surface area contributed by atoms with Crippen molar-refractivity contribution in [3.63, 3.8) is 0 Å². The number of aryl methyl sites for hydroxylation is 1.